The van der Waals surface area contributed by atoms with Crippen LogP contribution in [0.25, 0.3) is 0 Å². The van der Waals surface area contributed by atoms with Crippen LogP contribution in [0.2, 0.25) is 0 Å². The first-order valence-corrected chi connectivity index (χ1v) is 8.80. The van der Waals surface area contributed by atoms with Gasteiger partial charge in [-0.1, -0.05) is 48.0 Å². The molecule has 0 saturated carbocycles. The molecule has 0 radical (unpaired) electrons. The lowest BCUT2D eigenvalue weighted by Gasteiger charge is -2.34. The van der Waals surface area contributed by atoms with Gasteiger partial charge in [0, 0.05) is 50.3 Å². The van der Waals surface area contributed by atoms with Gasteiger partial charge in [-0.15, -0.1) is 0 Å². The Balaban J connectivity index is 1.47. The van der Waals surface area contributed by atoms with Gasteiger partial charge in [0.15, 0.2) is 5.78 Å². The zero-order chi connectivity index (χ0) is 17.6. The highest BCUT2D eigenvalue weighted by Gasteiger charge is 2.22. The van der Waals surface area contributed by atoms with E-state index in [2.05, 4.69) is 4.90 Å². The second-order valence-electron chi connectivity index (χ2n) is 6.54. The number of carbonyl (C=O) groups is 2. The van der Waals surface area contributed by atoms with E-state index < -0.39 is 0 Å². The number of rotatable bonds is 5. The summed E-state index contributed by atoms with van der Waals surface area (Å²) in [7, 11) is 0. The number of aryl methyl sites for hydroxylation is 1. The van der Waals surface area contributed by atoms with Crippen LogP contribution in [-0.2, 0) is 0 Å². The predicted molar refractivity (Wildman–Crippen MR) is 98.9 cm³/mol. The van der Waals surface area contributed by atoms with E-state index in [9.17, 15) is 9.59 Å². The molecule has 0 atom stereocenters. The molecule has 0 unspecified atom stereocenters. The minimum absolute atomic E-state index is 0.101. The molecule has 0 spiro atoms. The minimum atomic E-state index is 0.101. The SMILES string of the molecule is Cc1cccc(C(=O)N2CCN(CCC(=O)c3ccccc3)CC2)c1. The van der Waals surface area contributed by atoms with Crippen molar-refractivity contribution >= 4 is 11.7 Å². The van der Waals surface area contributed by atoms with Crippen molar-refractivity contribution in [3.05, 3.63) is 71.3 Å². The van der Waals surface area contributed by atoms with Crippen LogP contribution in [-0.4, -0.2) is 54.2 Å². The van der Waals surface area contributed by atoms with Crippen molar-refractivity contribution in [1.29, 1.82) is 0 Å². The monoisotopic (exact) mass is 336 g/mol. The molecule has 3 rings (SSSR count). The lowest BCUT2D eigenvalue weighted by Crippen LogP contribution is -2.49. The van der Waals surface area contributed by atoms with E-state index in [1.807, 2.05) is 66.4 Å². The molecular weight excluding hydrogens is 312 g/mol. The summed E-state index contributed by atoms with van der Waals surface area (Å²) in [6.07, 6.45) is 0.524. The van der Waals surface area contributed by atoms with E-state index >= 15 is 0 Å². The highest BCUT2D eigenvalue weighted by atomic mass is 16.2. The van der Waals surface area contributed by atoms with Crippen LogP contribution in [0.4, 0.5) is 0 Å². The molecule has 1 saturated heterocycles. The Kier molecular flexibility index (Phi) is 5.61. The summed E-state index contributed by atoms with van der Waals surface area (Å²) in [5, 5.41) is 0. The summed E-state index contributed by atoms with van der Waals surface area (Å²) in [6.45, 7) is 5.82. The normalized spacial score (nSPS) is 15.2. The molecule has 0 aliphatic carbocycles. The van der Waals surface area contributed by atoms with Crippen LogP contribution < -0.4 is 0 Å². The van der Waals surface area contributed by atoms with Gasteiger partial charge in [-0.2, -0.15) is 0 Å². The van der Waals surface area contributed by atoms with Gasteiger partial charge in [0.25, 0.3) is 5.91 Å². The van der Waals surface area contributed by atoms with E-state index in [0.29, 0.717) is 19.5 Å². The topological polar surface area (TPSA) is 40.6 Å². The molecule has 25 heavy (non-hydrogen) atoms. The molecule has 0 aromatic heterocycles. The van der Waals surface area contributed by atoms with Gasteiger partial charge in [0.1, 0.15) is 0 Å². The Bertz CT molecular complexity index is 735. The maximum Gasteiger partial charge on any atom is 0.253 e. The molecular formula is C21H24N2O2. The van der Waals surface area contributed by atoms with E-state index in [0.717, 1.165) is 36.3 Å². The van der Waals surface area contributed by atoms with Gasteiger partial charge >= 0.3 is 0 Å². The predicted octanol–water partition coefficient (Wildman–Crippen LogP) is 3.03. The standard InChI is InChI=1S/C21H24N2O2/c1-17-6-5-9-19(16-17)21(25)23-14-12-22(13-15-23)11-10-20(24)18-7-3-2-4-8-18/h2-9,16H,10-15H2,1H3. The molecule has 2 aromatic rings. The first kappa shape index (κ1) is 17.4. The average molecular weight is 336 g/mol. The number of piperazine rings is 1. The van der Waals surface area contributed by atoms with Crippen LogP contribution in [0.1, 0.15) is 32.7 Å². The number of nitrogens with zero attached hydrogens (tertiary/aromatic N) is 2. The fraction of sp³-hybridized carbons (Fsp3) is 0.333. The largest absolute Gasteiger partial charge is 0.336 e. The lowest BCUT2D eigenvalue weighted by atomic mass is 10.1. The van der Waals surface area contributed by atoms with Gasteiger partial charge in [0.05, 0.1) is 0 Å². The van der Waals surface area contributed by atoms with Crippen LogP contribution in [0.15, 0.2) is 54.6 Å². The molecule has 1 heterocycles. The van der Waals surface area contributed by atoms with Crippen molar-refractivity contribution in [3.8, 4) is 0 Å². The Morgan fingerprint density at radius 1 is 0.880 bits per heavy atom. The number of Topliss-reactive ketones (excluding diaryl/α,β-unsaturated/α-hetero) is 1. The van der Waals surface area contributed by atoms with Crippen molar-refractivity contribution in [3.63, 3.8) is 0 Å². The molecule has 2 aromatic carbocycles. The number of hydrogen-bond acceptors (Lipinski definition) is 3. The zero-order valence-corrected chi connectivity index (χ0v) is 14.6. The van der Waals surface area contributed by atoms with Crippen molar-refractivity contribution in [2.45, 2.75) is 13.3 Å². The summed E-state index contributed by atoms with van der Waals surface area (Å²) in [5.41, 5.74) is 2.63. The van der Waals surface area contributed by atoms with E-state index in [1.54, 1.807) is 0 Å². The van der Waals surface area contributed by atoms with E-state index in [4.69, 9.17) is 0 Å². The van der Waals surface area contributed by atoms with Crippen LogP contribution in [0, 0.1) is 6.92 Å². The number of ketones is 1. The molecule has 4 heteroatoms. The number of benzene rings is 2. The fourth-order valence-corrected chi connectivity index (χ4v) is 3.16. The summed E-state index contributed by atoms with van der Waals surface area (Å²) < 4.78 is 0. The van der Waals surface area contributed by atoms with Crippen molar-refractivity contribution in [2.24, 2.45) is 0 Å². The number of amides is 1. The van der Waals surface area contributed by atoms with Crippen molar-refractivity contribution < 1.29 is 9.59 Å². The first-order valence-electron chi connectivity index (χ1n) is 8.80. The molecule has 1 amide bonds. The molecule has 1 aliphatic rings. The molecule has 4 nitrogen and oxygen atoms in total. The molecule has 0 bridgehead atoms. The van der Waals surface area contributed by atoms with Crippen molar-refractivity contribution in [2.75, 3.05) is 32.7 Å². The highest BCUT2D eigenvalue weighted by molar-refractivity contribution is 5.96. The maximum atomic E-state index is 12.6. The van der Waals surface area contributed by atoms with Crippen LogP contribution in [0.3, 0.4) is 0 Å². The molecule has 0 N–H and O–H groups in total. The zero-order valence-electron chi connectivity index (χ0n) is 14.6. The van der Waals surface area contributed by atoms with Crippen LogP contribution >= 0.6 is 0 Å². The van der Waals surface area contributed by atoms with Gasteiger partial charge in [-0.05, 0) is 19.1 Å². The summed E-state index contributed by atoms with van der Waals surface area (Å²) in [5.74, 6) is 0.280. The third kappa shape index (κ3) is 4.54. The molecule has 1 aliphatic heterocycles. The summed E-state index contributed by atoms with van der Waals surface area (Å²) in [4.78, 5) is 28.9. The molecule has 130 valence electrons. The van der Waals surface area contributed by atoms with Gasteiger partial charge in [-0.3, -0.25) is 14.5 Å². The highest BCUT2D eigenvalue weighted by Crippen LogP contribution is 2.11. The van der Waals surface area contributed by atoms with Crippen molar-refractivity contribution in [1.82, 2.24) is 9.80 Å². The number of hydrogen-bond donors (Lipinski definition) is 0. The summed E-state index contributed by atoms with van der Waals surface area (Å²) in [6, 6.07) is 17.2. The van der Waals surface area contributed by atoms with E-state index in [-0.39, 0.29) is 11.7 Å². The smallest absolute Gasteiger partial charge is 0.253 e. The van der Waals surface area contributed by atoms with Gasteiger partial charge < -0.3 is 4.90 Å². The first-order chi connectivity index (χ1) is 12.1. The van der Waals surface area contributed by atoms with Gasteiger partial charge in [-0.25, -0.2) is 0 Å². The maximum absolute atomic E-state index is 12.6. The minimum Gasteiger partial charge on any atom is -0.336 e. The summed E-state index contributed by atoms with van der Waals surface area (Å²) >= 11 is 0. The van der Waals surface area contributed by atoms with Gasteiger partial charge in [0.2, 0.25) is 0 Å². The third-order valence-electron chi connectivity index (χ3n) is 4.68. The van der Waals surface area contributed by atoms with E-state index in [1.165, 1.54) is 0 Å². The average Bonchev–Trinajstić information content (AvgIpc) is 2.66. The third-order valence-corrected chi connectivity index (χ3v) is 4.68. The van der Waals surface area contributed by atoms with Crippen LogP contribution in [0.5, 0.6) is 0 Å². The number of carbonyl (C=O) groups excluding carboxylic acids is 2. The fourth-order valence-electron chi connectivity index (χ4n) is 3.16. The Morgan fingerprint density at radius 2 is 1.56 bits per heavy atom. The molecule has 1 fully saturated rings. The Morgan fingerprint density at radius 3 is 2.24 bits per heavy atom. The second kappa shape index (κ2) is 8.08. The second-order valence-corrected chi connectivity index (χ2v) is 6.54. The lowest BCUT2D eigenvalue weighted by molar-refractivity contribution is 0.0628. The Labute approximate surface area is 149 Å². The quantitative estimate of drug-likeness (QED) is 0.788. The Hall–Kier alpha value is -2.46.